The van der Waals surface area contributed by atoms with Gasteiger partial charge < -0.3 is 10.1 Å². The predicted octanol–water partition coefficient (Wildman–Crippen LogP) is -1.34. The van der Waals surface area contributed by atoms with E-state index in [-0.39, 0.29) is 12.5 Å². The average Bonchev–Trinajstić information content (AvgIpc) is 2.19. The zero-order chi connectivity index (χ0) is 10.4. The maximum absolute atomic E-state index is 11.1. The summed E-state index contributed by atoms with van der Waals surface area (Å²) in [5.74, 6) is 3.80. The van der Waals surface area contributed by atoms with Gasteiger partial charge in [0.25, 0.3) is 0 Å². The lowest BCUT2D eigenvalue weighted by molar-refractivity contribution is -0.152. The van der Waals surface area contributed by atoms with E-state index in [0.29, 0.717) is 0 Å². The number of amides is 1. The number of hydrogen-bond acceptors (Lipinski definition) is 5. The van der Waals surface area contributed by atoms with Crippen molar-refractivity contribution < 1.29 is 14.3 Å². The molecule has 0 spiro atoms. The van der Waals surface area contributed by atoms with Gasteiger partial charge in [-0.1, -0.05) is 0 Å². The number of hydrazine groups is 1. The van der Waals surface area contributed by atoms with E-state index >= 15 is 0 Å². The zero-order valence-corrected chi connectivity index (χ0v) is 7.91. The van der Waals surface area contributed by atoms with Crippen LogP contribution in [-0.2, 0) is 14.3 Å². The molecule has 4 N–H and O–H groups in total. The van der Waals surface area contributed by atoms with Crippen LogP contribution in [0.1, 0.15) is 19.3 Å². The van der Waals surface area contributed by atoms with Crippen molar-refractivity contribution in [2.24, 2.45) is 5.84 Å². The summed E-state index contributed by atoms with van der Waals surface area (Å²) in [4.78, 5) is 21.8. The van der Waals surface area contributed by atoms with Crippen molar-refractivity contribution in [2.45, 2.75) is 25.4 Å². The van der Waals surface area contributed by atoms with Crippen molar-refractivity contribution >= 4 is 11.9 Å². The van der Waals surface area contributed by atoms with Gasteiger partial charge in [0, 0.05) is 0 Å². The minimum Gasteiger partial charge on any atom is -0.462 e. The fourth-order valence-electron chi connectivity index (χ4n) is 1.32. The number of carbonyl (C=O) groups excluding carboxylic acids is 2. The lowest BCUT2D eigenvalue weighted by atomic mass is 10.1. The first-order valence-corrected chi connectivity index (χ1v) is 4.62. The van der Waals surface area contributed by atoms with Crippen molar-refractivity contribution in [3.05, 3.63) is 0 Å². The van der Waals surface area contributed by atoms with E-state index < -0.39 is 11.9 Å². The summed E-state index contributed by atoms with van der Waals surface area (Å²) >= 11 is 0. The summed E-state index contributed by atoms with van der Waals surface area (Å²) in [6.45, 7) is 1.70. The van der Waals surface area contributed by atoms with Crippen LogP contribution in [0.15, 0.2) is 0 Å². The predicted molar refractivity (Wildman–Crippen MR) is 48.9 cm³/mol. The second-order valence-electron chi connectivity index (χ2n) is 3.18. The number of nitrogens with two attached hydrogens (primary N) is 1. The SMILES string of the molecule is NNC(=O)CC(=O)OC1CCNCC1. The molecule has 0 unspecified atom stereocenters. The second kappa shape index (κ2) is 5.56. The molecule has 1 aliphatic heterocycles. The molecule has 6 nitrogen and oxygen atoms in total. The number of esters is 1. The zero-order valence-electron chi connectivity index (χ0n) is 7.91. The van der Waals surface area contributed by atoms with Crippen LogP contribution < -0.4 is 16.6 Å². The van der Waals surface area contributed by atoms with Crippen LogP contribution in [0.25, 0.3) is 0 Å². The molecule has 0 atom stereocenters. The van der Waals surface area contributed by atoms with Gasteiger partial charge in [0.15, 0.2) is 0 Å². The van der Waals surface area contributed by atoms with Gasteiger partial charge in [0.1, 0.15) is 12.5 Å². The minimum absolute atomic E-state index is 0.0608. The standard InChI is InChI=1S/C8H15N3O3/c9-11-7(12)5-8(13)14-6-1-3-10-4-2-6/h6,10H,1-5,9H2,(H,11,12). The quantitative estimate of drug-likeness (QED) is 0.173. The smallest absolute Gasteiger partial charge is 0.315 e. The Morgan fingerprint density at radius 2 is 2.07 bits per heavy atom. The molecule has 80 valence electrons. The Hall–Kier alpha value is -1.14. The molecule has 1 rings (SSSR count). The summed E-state index contributed by atoms with van der Waals surface area (Å²) in [5.41, 5.74) is 1.88. The van der Waals surface area contributed by atoms with E-state index in [1.165, 1.54) is 0 Å². The number of hydrogen-bond donors (Lipinski definition) is 3. The summed E-state index contributed by atoms with van der Waals surface area (Å²) in [6.07, 6.45) is 1.24. The molecule has 14 heavy (non-hydrogen) atoms. The van der Waals surface area contributed by atoms with Crippen LogP contribution in [0.5, 0.6) is 0 Å². The van der Waals surface area contributed by atoms with Gasteiger partial charge in [-0.3, -0.25) is 15.0 Å². The van der Waals surface area contributed by atoms with Crippen molar-refractivity contribution in [2.75, 3.05) is 13.1 Å². The number of piperidine rings is 1. The molecule has 0 aromatic carbocycles. The molecular weight excluding hydrogens is 186 g/mol. The number of carbonyl (C=O) groups is 2. The van der Waals surface area contributed by atoms with Gasteiger partial charge in [-0.05, 0) is 25.9 Å². The van der Waals surface area contributed by atoms with Crippen molar-refractivity contribution in [3.8, 4) is 0 Å². The highest BCUT2D eigenvalue weighted by Crippen LogP contribution is 2.07. The first-order chi connectivity index (χ1) is 6.72. The van der Waals surface area contributed by atoms with Crippen LogP contribution in [-0.4, -0.2) is 31.1 Å². The summed E-state index contributed by atoms with van der Waals surface area (Å²) in [5, 5.41) is 3.15. The van der Waals surface area contributed by atoms with Crippen LogP contribution in [0.4, 0.5) is 0 Å². The highest BCUT2D eigenvalue weighted by molar-refractivity contribution is 5.93. The van der Waals surface area contributed by atoms with E-state index in [1.807, 2.05) is 5.43 Å². The fraction of sp³-hybridized carbons (Fsp3) is 0.750. The molecule has 0 aromatic rings. The Morgan fingerprint density at radius 1 is 1.43 bits per heavy atom. The van der Waals surface area contributed by atoms with E-state index in [9.17, 15) is 9.59 Å². The van der Waals surface area contributed by atoms with Crippen LogP contribution in [0.2, 0.25) is 0 Å². The van der Waals surface area contributed by atoms with Gasteiger partial charge in [-0.15, -0.1) is 0 Å². The van der Waals surface area contributed by atoms with Crippen molar-refractivity contribution in [1.82, 2.24) is 10.7 Å². The maximum atomic E-state index is 11.1. The molecule has 1 fully saturated rings. The largest absolute Gasteiger partial charge is 0.462 e. The van der Waals surface area contributed by atoms with Gasteiger partial charge in [0.05, 0.1) is 0 Å². The number of rotatable bonds is 3. The van der Waals surface area contributed by atoms with Crippen LogP contribution in [0, 0.1) is 0 Å². The third kappa shape index (κ3) is 3.71. The van der Waals surface area contributed by atoms with E-state index in [2.05, 4.69) is 5.32 Å². The van der Waals surface area contributed by atoms with Gasteiger partial charge >= 0.3 is 5.97 Å². The number of nitrogens with one attached hydrogen (secondary N) is 2. The second-order valence-corrected chi connectivity index (χ2v) is 3.18. The topological polar surface area (TPSA) is 93.5 Å². The van der Waals surface area contributed by atoms with E-state index in [0.717, 1.165) is 25.9 Å². The van der Waals surface area contributed by atoms with Crippen molar-refractivity contribution in [1.29, 1.82) is 0 Å². The Labute approximate surface area is 82.1 Å². The normalized spacial score (nSPS) is 17.5. The highest BCUT2D eigenvalue weighted by Gasteiger charge is 2.18. The molecular formula is C8H15N3O3. The number of ether oxygens (including phenoxy) is 1. The maximum Gasteiger partial charge on any atom is 0.315 e. The van der Waals surface area contributed by atoms with Crippen molar-refractivity contribution in [3.63, 3.8) is 0 Å². The Kier molecular flexibility index (Phi) is 4.34. The monoisotopic (exact) mass is 201 g/mol. The molecule has 6 heteroatoms. The van der Waals surface area contributed by atoms with Gasteiger partial charge in [-0.25, -0.2) is 5.84 Å². The molecule has 0 aliphatic carbocycles. The first kappa shape index (κ1) is 10.9. The molecule has 0 aromatic heterocycles. The minimum atomic E-state index is -0.524. The average molecular weight is 201 g/mol. The lowest BCUT2D eigenvalue weighted by Crippen LogP contribution is -2.36. The van der Waals surface area contributed by atoms with E-state index in [1.54, 1.807) is 0 Å². The molecule has 1 aliphatic rings. The Balaban J connectivity index is 2.21. The third-order valence-corrected chi connectivity index (χ3v) is 2.05. The molecule has 1 saturated heterocycles. The van der Waals surface area contributed by atoms with Crippen LogP contribution in [0.3, 0.4) is 0 Å². The van der Waals surface area contributed by atoms with Gasteiger partial charge in [0.2, 0.25) is 5.91 Å². The van der Waals surface area contributed by atoms with Gasteiger partial charge in [-0.2, -0.15) is 0 Å². The molecule has 1 heterocycles. The molecule has 0 radical (unpaired) electrons. The highest BCUT2D eigenvalue weighted by atomic mass is 16.5. The molecule has 1 amide bonds. The summed E-state index contributed by atoms with van der Waals surface area (Å²) in [7, 11) is 0. The molecule has 0 saturated carbocycles. The Bertz CT molecular complexity index is 214. The Morgan fingerprint density at radius 3 is 2.64 bits per heavy atom. The summed E-state index contributed by atoms with van der Waals surface area (Å²) < 4.78 is 5.07. The van der Waals surface area contributed by atoms with Crippen LogP contribution >= 0.6 is 0 Å². The lowest BCUT2D eigenvalue weighted by Gasteiger charge is -2.22. The third-order valence-electron chi connectivity index (χ3n) is 2.05. The fourth-order valence-corrected chi connectivity index (χ4v) is 1.32. The van der Waals surface area contributed by atoms with E-state index in [4.69, 9.17) is 10.6 Å². The first-order valence-electron chi connectivity index (χ1n) is 4.62. The molecule has 0 bridgehead atoms. The summed E-state index contributed by atoms with van der Waals surface area (Å²) in [6, 6.07) is 0.